The molecular weight excluding hydrogens is 324 g/mol. The van der Waals surface area contributed by atoms with Gasteiger partial charge in [0.2, 0.25) is 11.8 Å². The second-order valence-electron chi connectivity index (χ2n) is 8.39. The number of amides is 2. The summed E-state index contributed by atoms with van der Waals surface area (Å²) in [5.74, 6) is 0.558. The lowest BCUT2D eigenvalue weighted by atomic mass is 9.75. The minimum Gasteiger partial charge on any atom is -0.340 e. The molecule has 2 amide bonds. The van der Waals surface area contributed by atoms with E-state index in [4.69, 9.17) is 0 Å². The molecule has 2 saturated carbocycles. The second-order valence-corrected chi connectivity index (χ2v) is 8.39. The van der Waals surface area contributed by atoms with E-state index in [9.17, 15) is 9.59 Å². The van der Waals surface area contributed by atoms with Crippen LogP contribution in [-0.4, -0.2) is 28.3 Å². The average Bonchev–Trinajstić information content (AvgIpc) is 2.68. The summed E-state index contributed by atoms with van der Waals surface area (Å²) in [5.41, 5.74) is 0.470. The summed E-state index contributed by atoms with van der Waals surface area (Å²) in [4.78, 5) is 28.8. The van der Waals surface area contributed by atoms with E-state index in [-0.39, 0.29) is 17.9 Å². The fourth-order valence-corrected chi connectivity index (χ4v) is 5.27. The van der Waals surface area contributed by atoms with Crippen molar-refractivity contribution < 1.29 is 9.59 Å². The Morgan fingerprint density at radius 2 is 1.58 bits per heavy atom. The molecule has 0 radical (unpaired) electrons. The molecule has 1 unspecified atom stereocenters. The van der Waals surface area contributed by atoms with E-state index in [2.05, 4.69) is 17.4 Å². The number of nitrogens with zero attached hydrogens (tertiary/aromatic N) is 1. The van der Waals surface area contributed by atoms with Gasteiger partial charge in [0.05, 0.1) is 0 Å². The molecule has 1 aromatic rings. The maximum Gasteiger partial charge on any atom is 0.249 e. The van der Waals surface area contributed by atoms with E-state index < -0.39 is 5.54 Å². The fraction of sp³-hybridized carbons (Fsp3) is 0.636. The van der Waals surface area contributed by atoms with E-state index in [1.54, 1.807) is 0 Å². The van der Waals surface area contributed by atoms with E-state index in [0.29, 0.717) is 12.5 Å². The molecule has 4 heteroatoms. The highest BCUT2D eigenvalue weighted by Gasteiger charge is 2.52. The van der Waals surface area contributed by atoms with E-state index in [0.717, 1.165) is 50.5 Å². The molecule has 4 nitrogen and oxygen atoms in total. The van der Waals surface area contributed by atoms with Crippen molar-refractivity contribution in [3.63, 3.8) is 0 Å². The predicted molar refractivity (Wildman–Crippen MR) is 101 cm³/mol. The third-order valence-corrected chi connectivity index (χ3v) is 6.64. The molecule has 3 fully saturated rings. The predicted octanol–water partition coefficient (Wildman–Crippen LogP) is 3.80. The lowest BCUT2D eigenvalue weighted by Gasteiger charge is -2.50. The zero-order chi connectivity index (χ0) is 18.0. The maximum atomic E-state index is 13.6. The molecule has 1 atom stereocenters. The van der Waals surface area contributed by atoms with Crippen LogP contribution in [0.4, 0.5) is 0 Å². The van der Waals surface area contributed by atoms with Gasteiger partial charge < -0.3 is 10.2 Å². The molecule has 1 saturated heterocycles. The van der Waals surface area contributed by atoms with Gasteiger partial charge in [0.25, 0.3) is 0 Å². The first-order valence-electron chi connectivity index (χ1n) is 10.4. The first-order chi connectivity index (χ1) is 12.7. The standard InChI is InChI=1S/C22H30N2O2/c25-20-19(18-12-6-2-7-13-18)24(16-17-10-4-1-5-11-17)21(26)22(23-20)14-8-3-9-15-22/h1,4-5,10-11,18-19H,2-3,6-9,12-16H2,(H,23,25). The third-order valence-electron chi connectivity index (χ3n) is 6.64. The lowest BCUT2D eigenvalue weighted by Crippen LogP contribution is -2.71. The van der Waals surface area contributed by atoms with Gasteiger partial charge in [-0.15, -0.1) is 0 Å². The summed E-state index contributed by atoms with van der Waals surface area (Å²) in [6.07, 6.45) is 10.5. The fourth-order valence-electron chi connectivity index (χ4n) is 5.27. The first-order valence-corrected chi connectivity index (χ1v) is 10.4. The number of hydrogen-bond acceptors (Lipinski definition) is 2. The Kier molecular flexibility index (Phi) is 5.01. The van der Waals surface area contributed by atoms with Crippen LogP contribution in [-0.2, 0) is 16.1 Å². The Labute approximate surface area is 156 Å². The topological polar surface area (TPSA) is 49.4 Å². The van der Waals surface area contributed by atoms with Gasteiger partial charge in [-0.05, 0) is 37.2 Å². The summed E-state index contributed by atoms with van der Waals surface area (Å²) in [6.45, 7) is 0.552. The minimum atomic E-state index is -0.644. The molecule has 2 aliphatic carbocycles. The Morgan fingerprint density at radius 1 is 0.923 bits per heavy atom. The Bertz CT molecular complexity index is 645. The van der Waals surface area contributed by atoms with E-state index >= 15 is 0 Å². The van der Waals surface area contributed by atoms with Gasteiger partial charge in [-0.1, -0.05) is 68.9 Å². The average molecular weight is 354 g/mol. The number of carbonyl (C=O) groups excluding carboxylic acids is 2. The van der Waals surface area contributed by atoms with Crippen LogP contribution in [0.3, 0.4) is 0 Å². The molecule has 0 aromatic heterocycles. The highest BCUT2D eigenvalue weighted by atomic mass is 16.2. The van der Waals surface area contributed by atoms with Crippen molar-refractivity contribution in [1.29, 1.82) is 0 Å². The summed E-state index contributed by atoms with van der Waals surface area (Å²) in [7, 11) is 0. The zero-order valence-electron chi connectivity index (χ0n) is 15.6. The smallest absolute Gasteiger partial charge is 0.249 e. The number of hydrogen-bond donors (Lipinski definition) is 1. The molecule has 26 heavy (non-hydrogen) atoms. The van der Waals surface area contributed by atoms with E-state index in [1.807, 2.05) is 23.1 Å². The Morgan fingerprint density at radius 3 is 2.27 bits per heavy atom. The third kappa shape index (κ3) is 3.26. The molecule has 1 heterocycles. The largest absolute Gasteiger partial charge is 0.340 e. The van der Waals surface area contributed by atoms with Crippen LogP contribution in [0.15, 0.2) is 30.3 Å². The second kappa shape index (κ2) is 7.42. The molecular formula is C22H30N2O2. The van der Waals surface area contributed by atoms with Crippen molar-refractivity contribution in [2.45, 2.75) is 82.3 Å². The molecule has 0 bridgehead atoms. The van der Waals surface area contributed by atoms with Crippen molar-refractivity contribution in [1.82, 2.24) is 10.2 Å². The van der Waals surface area contributed by atoms with Crippen LogP contribution in [0.1, 0.15) is 69.8 Å². The van der Waals surface area contributed by atoms with Gasteiger partial charge in [0.1, 0.15) is 11.6 Å². The SMILES string of the molecule is O=C1NC2(CCCCC2)C(=O)N(Cc2ccccc2)C1C1CCCCC1. The zero-order valence-corrected chi connectivity index (χ0v) is 15.6. The highest BCUT2D eigenvalue weighted by molar-refractivity contribution is 6.00. The number of rotatable bonds is 3. The maximum absolute atomic E-state index is 13.6. The summed E-state index contributed by atoms with van der Waals surface area (Å²) in [6, 6.07) is 9.84. The van der Waals surface area contributed by atoms with Crippen LogP contribution in [0.5, 0.6) is 0 Å². The molecule has 140 valence electrons. The van der Waals surface area contributed by atoms with Crippen LogP contribution in [0, 0.1) is 5.92 Å². The Balaban J connectivity index is 1.65. The number of benzene rings is 1. The summed E-state index contributed by atoms with van der Waals surface area (Å²) < 4.78 is 0. The van der Waals surface area contributed by atoms with Crippen LogP contribution in [0.2, 0.25) is 0 Å². The van der Waals surface area contributed by atoms with Gasteiger partial charge >= 0.3 is 0 Å². The first kappa shape index (κ1) is 17.6. The van der Waals surface area contributed by atoms with Crippen LogP contribution >= 0.6 is 0 Å². The highest BCUT2D eigenvalue weighted by Crippen LogP contribution is 2.38. The number of piperazine rings is 1. The summed E-state index contributed by atoms with van der Waals surface area (Å²) >= 11 is 0. The van der Waals surface area contributed by atoms with Crippen molar-refractivity contribution >= 4 is 11.8 Å². The van der Waals surface area contributed by atoms with E-state index in [1.165, 1.54) is 19.3 Å². The van der Waals surface area contributed by atoms with Crippen LogP contribution < -0.4 is 5.32 Å². The van der Waals surface area contributed by atoms with Gasteiger partial charge in [-0.25, -0.2) is 0 Å². The molecule has 1 aliphatic heterocycles. The minimum absolute atomic E-state index is 0.0920. The van der Waals surface area contributed by atoms with Crippen LogP contribution in [0.25, 0.3) is 0 Å². The summed E-state index contributed by atoms with van der Waals surface area (Å²) in [5, 5.41) is 3.21. The lowest BCUT2D eigenvalue weighted by molar-refractivity contribution is -0.160. The van der Waals surface area contributed by atoms with Gasteiger partial charge in [-0.3, -0.25) is 9.59 Å². The number of carbonyl (C=O) groups is 2. The quantitative estimate of drug-likeness (QED) is 0.898. The number of nitrogens with one attached hydrogen (secondary N) is 1. The van der Waals surface area contributed by atoms with Gasteiger partial charge in [0, 0.05) is 6.54 Å². The van der Waals surface area contributed by atoms with Crippen molar-refractivity contribution in [2.75, 3.05) is 0 Å². The molecule has 1 spiro atoms. The van der Waals surface area contributed by atoms with Gasteiger partial charge in [-0.2, -0.15) is 0 Å². The monoisotopic (exact) mass is 354 g/mol. The molecule has 4 rings (SSSR count). The molecule has 3 aliphatic rings. The molecule has 1 aromatic carbocycles. The van der Waals surface area contributed by atoms with Gasteiger partial charge in [0.15, 0.2) is 0 Å². The molecule has 1 N–H and O–H groups in total. The van der Waals surface area contributed by atoms with Crippen molar-refractivity contribution in [3.8, 4) is 0 Å². The van der Waals surface area contributed by atoms with Crippen molar-refractivity contribution in [2.24, 2.45) is 5.92 Å². The Hall–Kier alpha value is -1.84. The van der Waals surface area contributed by atoms with Crippen molar-refractivity contribution in [3.05, 3.63) is 35.9 Å². The normalized spacial score (nSPS) is 26.8.